The summed E-state index contributed by atoms with van der Waals surface area (Å²) in [4.78, 5) is 0. The summed E-state index contributed by atoms with van der Waals surface area (Å²) >= 11 is 6.50. The van der Waals surface area contributed by atoms with Gasteiger partial charge in [-0.1, -0.05) is 0 Å². The van der Waals surface area contributed by atoms with Crippen molar-refractivity contribution in [2.45, 2.75) is 20.8 Å². The van der Waals surface area contributed by atoms with E-state index >= 15 is 0 Å². The average Bonchev–Trinajstić information content (AvgIpc) is 1.41. The van der Waals surface area contributed by atoms with Crippen LogP contribution in [0.4, 0.5) is 0 Å². The summed E-state index contributed by atoms with van der Waals surface area (Å²) in [5.41, 5.74) is 0. The Morgan fingerprint density at radius 1 is 1.17 bits per heavy atom. The molecule has 0 N–H and O–H groups in total. The van der Waals surface area contributed by atoms with E-state index in [1.165, 1.54) is 5.92 Å². The molecule has 0 saturated heterocycles. The Bertz CT molecular complexity index is 12.3. The molecule has 0 spiro atoms. The quantitative estimate of drug-likeness (QED) is 0.416. The average molecular weight is 201 g/mol. The molecule has 0 bridgehead atoms. The van der Waals surface area contributed by atoms with Gasteiger partial charge < -0.3 is 5.92 Å². The van der Waals surface area contributed by atoms with Gasteiger partial charge in [0.1, 0.15) is 0 Å². The van der Waals surface area contributed by atoms with Crippen LogP contribution in [0, 0.1) is 5.92 Å². The first-order chi connectivity index (χ1) is 2.73. The summed E-state index contributed by atoms with van der Waals surface area (Å²) in [7, 11) is 0. The maximum atomic E-state index is 4.00. The van der Waals surface area contributed by atoms with Crippen molar-refractivity contribution in [1.82, 2.24) is 0 Å². The zero-order valence-corrected chi connectivity index (χ0v) is 6.71. The Balaban J connectivity index is 0. The van der Waals surface area contributed by atoms with Crippen LogP contribution in [0.2, 0.25) is 0 Å². The molecule has 43 valence electrons. The number of rotatable bonds is 0. The second kappa shape index (κ2) is 9.37. The normalized spacial score (nSPS) is 7.17. The molecule has 0 fully saturated rings. The third-order valence-electron chi connectivity index (χ3n) is 0. The van der Waals surface area contributed by atoms with E-state index in [9.17, 15) is 0 Å². The van der Waals surface area contributed by atoms with E-state index in [0.29, 0.717) is 0 Å². The zero-order valence-electron chi connectivity index (χ0n) is 4.18. The monoisotopic (exact) mass is 199 g/mol. The van der Waals surface area contributed by atoms with Gasteiger partial charge in [0.15, 0.2) is 0 Å². The third-order valence-corrected chi connectivity index (χ3v) is 0. The molecule has 0 nitrogen and oxygen atoms in total. The number of hydrogen-bond acceptors (Lipinski definition) is 0. The summed E-state index contributed by atoms with van der Waals surface area (Å²) in [6.45, 7) is 6.25. The molecule has 0 unspecified atom stereocenters. The summed E-state index contributed by atoms with van der Waals surface area (Å²) in [6, 6.07) is 0. The minimum absolute atomic E-state index is 1.42. The second-order valence-corrected chi connectivity index (χ2v) is 1.50. The van der Waals surface area contributed by atoms with Crippen LogP contribution in [0.5, 0.6) is 0 Å². The molecule has 0 rings (SSSR count). The molecule has 0 aromatic carbocycles. The summed E-state index contributed by atoms with van der Waals surface area (Å²) < 4.78 is 0. The summed E-state index contributed by atoms with van der Waals surface area (Å²) in [6.07, 6.45) is 0. The molecule has 0 aromatic rings. The van der Waals surface area contributed by atoms with Gasteiger partial charge in [0.05, 0.1) is 0 Å². The van der Waals surface area contributed by atoms with E-state index in [4.69, 9.17) is 0 Å². The molecule has 0 aliphatic rings. The summed E-state index contributed by atoms with van der Waals surface area (Å²) in [5.74, 6) is 1.42. The Labute approximate surface area is 55.2 Å². The van der Waals surface area contributed by atoms with Crippen LogP contribution in [0.25, 0.3) is 0 Å². The van der Waals surface area contributed by atoms with Gasteiger partial charge in [-0.05, 0) is 0 Å². The van der Waals surface area contributed by atoms with E-state index in [1.807, 2.05) is 0 Å². The van der Waals surface area contributed by atoms with Crippen LogP contribution < -0.4 is 0 Å². The van der Waals surface area contributed by atoms with E-state index in [-0.39, 0.29) is 0 Å². The number of hydrogen-bond donors (Lipinski definition) is 0. The number of halogens is 1. The van der Waals surface area contributed by atoms with Crippen LogP contribution in [0.3, 0.4) is 0 Å². The fourth-order valence-electron chi connectivity index (χ4n) is 0. The van der Waals surface area contributed by atoms with Crippen molar-refractivity contribution < 1.29 is 14.2 Å². The first-order valence-corrected chi connectivity index (χ1v) is 3.94. The van der Waals surface area contributed by atoms with Crippen molar-refractivity contribution in [1.29, 1.82) is 0 Å². The molecule has 0 radical (unpaired) electrons. The van der Waals surface area contributed by atoms with Crippen LogP contribution in [-0.4, -0.2) is 0 Å². The van der Waals surface area contributed by atoms with Gasteiger partial charge in [-0.25, -0.2) is 0 Å². The van der Waals surface area contributed by atoms with Crippen molar-refractivity contribution in [3.05, 3.63) is 5.92 Å². The zero-order chi connectivity index (χ0) is 5.58. The minimum atomic E-state index is 1.42. The predicted molar refractivity (Wildman–Crippen MR) is 29.2 cm³/mol. The molecule has 0 aliphatic carbocycles. The van der Waals surface area contributed by atoms with Crippen molar-refractivity contribution >= 4 is 14.1 Å². The molecule has 0 aliphatic heterocycles. The predicted octanol–water partition coefficient (Wildman–Crippen LogP) is 2.46. The Hall–Kier alpha value is 0.999. The molecule has 6 heavy (non-hydrogen) atoms. The van der Waals surface area contributed by atoms with Gasteiger partial charge in [-0.2, -0.15) is 20.8 Å². The van der Waals surface area contributed by atoms with Crippen LogP contribution in [0.1, 0.15) is 20.8 Å². The van der Waals surface area contributed by atoms with Crippen molar-refractivity contribution in [2.24, 2.45) is 0 Å². The first-order valence-electron chi connectivity index (χ1n) is 1.61. The van der Waals surface area contributed by atoms with Gasteiger partial charge in [0.2, 0.25) is 0 Å². The van der Waals surface area contributed by atoms with Gasteiger partial charge >= 0.3 is 28.3 Å². The SMILES string of the molecule is C[C-](C)C.[Cu+][Br]. The fraction of sp³-hybridized carbons (Fsp3) is 0.750. The van der Waals surface area contributed by atoms with Crippen LogP contribution in [-0.2, 0) is 14.2 Å². The Morgan fingerprint density at radius 3 is 1.17 bits per heavy atom. The molecular weight excluding hydrogens is 191 g/mol. The first kappa shape index (κ1) is 10.1. The van der Waals surface area contributed by atoms with Crippen molar-refractivity contribution in [2.75, 3.05) is 0 Å². The maximum absolute atomic E-state index is 4.00. The topological polar surface area (TPSA) is 0 Å². The van der Waals surface area contributed by atoms with Crippen LogP contribution >= 0.6 is 14.1 Å². The molecule has 0 aromatic heterocycles. The van der Waals surface area contributed by atoms with Crippen molar-refractivity contribution in [3.8, 4) is 0 Å². The van der Waals surface area contributed by atoms with Gasteiger partial charge in [-0.15, -0.1) is 0 Å². The third kappa shape index (κ3) is 80.1. The molecular formula is C4H9BrCu. The van der Waals surface area contributed by atoms with E-state index in [1.54, 1.807) is 0 Å². The molecule has 0 heterocycles. The fourth-order valence-corrected chi connectivity index (χ4v) is 0. The molecule has 0 amide bonds. The van der Waals surface area contributed by atoms with E-state index < -0.39 is 0 Å². The molecule has 0 saturated carbocycles. The van der Waals surface area contributed by atoms with Gasteiger partial charge in [-0.3, -0.25) is 0 Å². The van der Waals surface area contributed by atoms with Gasteiger partial charge in [0.25, 0.3) is 0 Å². The molecule has 2 heteroatoms. The standard InChI is InChI=1S/C4H9.BrH.Cu/c1-4(2)3;;/h1-3H3;1H;/q-1;;+2/p-1. The van der Waals surface area contributed by atoms with E-state index in [2.05, 4.69) is 49.1 Å². The Morgan fingerprint density at radius 2 is 1.17 bits per heavy atom. The van der Waals surface area contributed by atoms with Crippen molar-refractivity contribution in [3.63, 3.8) is 0 Å². The second-order valence-electron chi connectivity index (χ2n) is 1.50. The summed E-state index contributed by atoms with van der Waals surface area (Å²) in [5, 5.41) is 0. The van der Waals surface area contributed by atoms with Gasteiger partial charge in [0, 0.05) is 0 Å². The van der Waals surface area contributed by atoms with Crippen LogP contribution in [0.15, 0.2) is 0 Å². The molecule has 0 atom stereocenters. The Kier molecular flexibility index (Phi) is 15.7. The van der Waals surface area contributed by atoms with E-state index in [0.717, 1.165) is 0 Å².